The molecule has 3 aromatic carbocycles. The molecule has 3 heterocycles. The zero-order chi connectivity index (χ0) is 31.1. The van der Waals surface area contributed by atoms with Crippen molar-refractivity contribution in [1.29, 1.82) is 0 Å². The minimum Gasteiger partial charge on any atom is -0.496 e. The van der Waals surface area contributed by atoms with E-state index in [1.54, 1.807) is 39.6 Å². The Morgan fingerprint density at radius 1 is 1.05 bits per heavy atom. The number of carbonyl (C=O) groups excluding carboxylic acids is 1. The number of carbonyl (C=O) groups is 1. The van der Waals surface area contributed by atoms with Crippen molar-refractivity contribution >= 4 is 50.2 Å². The number of hydrogen-bond acceptors (Lipinski definition) is 7. The smallest absolute Gasteiger partial charge is 0.338 e. The largest absolute Gasteiger partial charge is 0.496 e. The fourth-order valence-electron chi connectivity index (χ4n) is 5.57. The first-order valence-corrected chi connectivity index (χ1v) is 15.6. The van der Waals surface area contributed by atoms with Gasteiger partial charge in [-0.1, -0.05) is 69.7 Å². The fourth-order valence-corrected chi connectivity index (χ4v) is 6.98. The van der Waals surface area contributed by atoms with Crippen LogP contribution < -0.4 is 24.4 Å². The summed E-state index contributed by atoms with van der Waals surface area (Å²) in [6, 6.07) is 20.5. The van der Waals surface area contributed by atoms with E-state index in [0.29, 0.717) is 32.1 Å². The van der Waals surface area contributed by atoms with Gasteiger partial charge in [0.05, 0.1) is 47.3 Å². The van der Waals surface area contributed by atoms with E-state index in [4.69, 9.17) is 19.2 Å². The van der Waals surface area contributed by atoms with Crippen LogP contribution >= 0.6 is 27.3 Å². The lowest BCUT2D eigenvalue weighted by molar-refractivity contribution is -0.143. The highest BCUT2D eigenvalue weighted by atomic mass is 79.9. The molecule has 10 heteroatoms. The number of nitrogens with one attached hydrogen (secondary N) is 1. The molecule has 1 aliphatic heterocycles. The van der Waals surface area contributed by atoms with E-state index in [-0.39, 0.29) is 17.2 Å². The highest BCUT2D eigenvalue weighted by Crippen LogP contribution is 2.38. The number of fused-ring (bicyclic) bond motifs is 2. The van der Waals surface area contributed by atoms with Crippen LogP contribution in [0, 0.1) is 0 Å². The monoisotopic (exact) mass is 671 g/mol. The normalized spacial score (nSPS) is 15.0. The molecule has 0 bridgehead atoms. The summed E-state index contributed by atoms with van der Waals surface area (Å²) < 4.78 is 19.8. The summed E-state index contributed by atoms with van der Waals surface area (Å²) in [5.74, 6) is 0.705. The molecule has 224 valence electrons. The van der Waals surface area contributed by atoms with Gasteiger partial charge in [-0.05, 0) is 56.7 Å². The number of esters is 1. The molecule has 0 fully saturated rings. The molecule has 6 rings (SSSR count). The minimum absolute atomic E-state index is 0.278. The Labute approximate surface area is 266 Å². The number of aromatic amines is 1. The molecule has 0 amide bonds. The first kappa shape index (κ1) is 29.7. The van der Waals surface area contributed by atoms with E-state index in [2.05, 4.69) is 20.9 Å². The van der Waals surface area contributed by atoms with Crippen LogP contribution in [0.5, 0.6) is 11.5 Å². The number of H-pyrrole nitrogens is 1. The van der Waals surface area contributed by atoms with Crippen molar-refractivity contribution in [3.8, 4) is 22.8 Å². The van der Waals surface area contributed by atoms with Crippen LogP contribution in [0.1, 0.15) is 37.9 Å². The van der Waals surface area contributed by atoms with Crippen molar-refractivity contribution in [3.05, 3.63) is 113 Å². The lowest BCUT2D eigenvalue weighted by Crippen LogP contribution is -2.40. The lowest BCUT2D eigenvalue weighted by atomic mass is 9.95. The van der Waals surface area contributed by atoms with E-state index in [1.165, 1.54) is 11.3 Å². The van der Waals surface area contributed by atoms with Gasteiger partial charge in [0.2, 0.25) is 0 Å². The van der Waals surface area contributed by atoms with Gasteiger partial charge >= 0.3 is 5.97 Å². The molecule has 0 spiro atoms. The molecule has 0 saturated heterocycles. The molecule has 1 aliphatic rings. The third-order valence-electron chi connectivity index (χ3n) is 7.46. The van der Waals surface area contributed by atoms with Gasteiger partial charge in [-0.25, -0.2) is 9.79 Å². The van der Waals surface area contributed by atoms with E-state index in [9.17, 15) is 9.59 Å². The Morgan fingerprint density at radius 2 is 1.80 bits per heavy atom. The summed E-state index contributed by atoms with van der Waals surface area (Å²) in [6.45, 7) is 5.35. The molecule has 0 radical (unpaired) electrons. The minimum atomic E-state index is -0.816. The third kappa shape index (κ3) is 5.18. The first-order chi connectivity index (χ1) is 21.2. The highest BCUT2D eigenvalue weighted by molar-refractivity contribution is 9.10. The average Bonchev–Trinajstić information content (AvgIpc) is 3.53. The Kier molecular flexibility index (Phi) is 8.04. The SMILES string of the molecule is COc1ccc(Br)cc1[C@@H]1C(C(=O)OC(C)C)=C(C)N=c2s/c(=C\c3c(-c4ccccc4)[nH]c4c(OC)cccc34)c(=O)n21. The molecule has 2 aromatic heterocycles. The quantitative estimate of drug-likeness (QED) is 0.211. The fraction of sp³-hybridized carbons (Fsp3) is 0.206. The maximum Gasteiger partial charge on any atom is 0.338 e. The van der Waals surface area contributed by atoms with Gasteiger partial charge in [0.15, 0.2) is 4.80 Å². The van der Waals surface area contributed by atoms with Gasteiger partial charge in [-0.2, -0.15) is 0 Å². The molecule has 0 unspecified atom stereocenters. The number of thiazole rings is 1. The van der Waals surface area contributed by atoms with Crippen molar-refractivity contribution in [2.45, 2.75) is 32.9 Å². The number of methoxy groups -OCH3 is 2. The number of para-hydroxylation sites is 1. The summed E-state index contributed by atoms with van der Waals surface area (Å²) in [6.07, 6.45) is 1.54. The van der Waals surface area contributed by atoms with E-state index in [0.717, 1.165) is 32.2 Å². The maximum atomic E-state index is 14.4. The molecule has 8 nitrogen and oxygen atoms in total. The first-order valence-electron chi connectivity index (χ1n) is 14.0. The van der Waals surface area contributed by atoms with Crippen LogP contribution in [-0.4, -0.2) is 35.8 Å². The summed E-state index contributed by atoms with van der Waals surface area (Å²) in [5, 5.41) is 0.914. The predicted molar refractivity (Wildman–Crippen MR) is 176 cm³/mol. The van der Waals surface area contributed by atoms with Gasteiger partial charge in [-0.3, -0.25) is 9.36 Å². The average molecular weight is 673 g/mol. The van der Waals surface area contributed by atoms with Crippen LogP contribution in [0.4, 0.5) is 0 Å². The summed E-state index contributed by atoms with van der Waals surface area (Å²) >= 11 is 4.83. The summed E-state index contributed by atoms with van der Waals surface area (Å²) in [5.41, 5.74) is 4.64. The Hall–Kier alpha value is -4.41. The van der Waals surface area contributed by atoms with Gasteiger partial charge in [-0.15, -0.1) is 0 Å². The van der Waals surface area contributed by atoms with Crippen LogP contribution in [0.2, 0.25) is 0 Å². The number of hydrogen-bond donors (Lipinski definition) is 1. The second kappa shape index (κ2) is 11.9. The van der Waals surface area contributed by atoms with Crippen molar-refractivity contribution in [2.24, 2.45) is 4.99 Å². The van der Waals surface area contributed by atoms with Gasteiger partial charge in [0, 0.05) is 21.0 Å². The Bertz CT molecular complexity index is 2130. The molecular formula is C34H30BrN3O5S. The number of nitrogens with zero attached hydrogens (tertiary/aromatic N) is 2. The maximum absolute atomic E-state index is 14.4. The molecule has 1 atom stereocenters. The molecular weight excluding hydrogens is 642 g/mol. The topological polar surface area (TPSA) is 94.9 Å². The van der Waals surface area contributed by atoms with E-state index < -0.39 is 12.0 Å². The van der Waals surface area contributed by atoms with Crippen molar-refractivity contribution in [3.63, 3.8) is 0 Å². The van der Waals surface area contributed by atoms with Crippen molar-refractivity contribution in [1.82, 2.24) is 9.55 Å². The van der Waals surface area contributed by atoms with Crippen molar-refractivity contribution < 1.29 is 19.0 Å². The Balaban J connectivity index is 1.64. The molecule has 5 aromatic rings. The van der Waals surface area contributed by atoms with Gasteiger partial charge in [0.1, 0.15) is 17.5 Å². The number of halogens is 1. The highest BCUT2D eigenvalue weighted by Gasteiger charge is 2.35. The second-order valence-electron chi connectivity index (χ2n) is 10.6. The van der Waals surface area contributed by atoms with Gasteiger partial charge in [0.25, 0.3) is 5.56 Å². The van der Waals surface area contributed by atoms with Gasteiger partial charge < -0.3 is 19.2 Å². The number of ether oxygens (including phenoxy) is 3. The number of allylic oxidation sites excluding steroid dienone is 1. The number of rotatable bonds is 7. The zero-order valence-electron chi connectivity index (χ0n) is 24.8. The summed E-state index contributed by atoms with van der Waals surface area (Å²) in [7, 11) is 3.20. The third-order valence-corrected chi connectivity index (χ3v) is 8.94. The van der Waals surface area contributed by atoms with Crippen LogP contribution in [0.25, 0.3) is 28.2 Å². The standard InChI is InChI=1S/C34H30BrN3O5S/c1-18(2)43-33(40)28-19(3)36-34-38(31(28)24-16-21(35)14-15-25(24)41-4)32(39)27(44-34)17-23-22-12-9-13-26(42-5)30(22)37-29(23)20-10-7-6-8-11-20/h6-18,31,37H,1-5H3/b27-17-/t31-/m1/s1. The van der Waals surface area contributed by atoms with E-state index in [1.807, 2.05) is 72.8 Å². The molecule has 44 heavy (non-hydrogen) atoms. The summed E-state index contributed by atoms with van der Waals surface area (Å²) in [4.78, 5) is 36.7. The van der Waals surface area contributed by atoms with Crippen LogP contribution in [-0.2, 0) is 9.53 Å². The van der Waals surface area contributed by atoms with E-state index >= 15 is 0 Å². The number of aromatic nitrogens is 2. The Morgan fingerprint density at radius 3 is 2.50 bits per heavy atom. The second-order valence-corrected chi connectivity index (χ2v) is 12.5. The lowest BCUT2D eigenvalue weighted by Gasteiger charge is -2.26. The predicted octanol–water partition coefficient (Wildman–Crippen LogP) is 6.11. The zero-order valence-corrected chi connectivity index (χ0v) is 27.2. The molecule has 0 aliphatic carbocycles. The molecule has 1 N–H and O–H groups in total. The number of benzene rings is 3. The molecule has 0 saturated carbocycles. The van der Waals surface area contributed by atoms with Crippen molar-refractivity contribution in [2.75, 3.05) is 14.2 Å². The van der Waals surface area contributed by atoms with Crippen LogP contribution in [0.15, 0.2) is 92.3 Å². The van der Waals surface area contributed by atoms with Crippen LogP contribution in [0.3, 0.4) is 0 Å².